The summed E-state index contributed by atoms with van der Waals surface area (Å²) in [6.07, 6.45) is -3.54. The Bertz CT molecular complexity index is 365. The molecule has 110 valence electrons. The lowest BCUT2D eigenvalue weighted by Crippen LogP contribution is -2.56. The number of amides is 1. The van der Waals surface area contributed by atoms with Gasteiger partial charge in [0, 0.05) is 6.54 Å². The van der Waals surface area contributed by atoms with Gasteiger partial charge in [-0.1, -0.05) is 6.92 Å². The fourth-order valence-electron chi connectivity index (χ4n) is 2.06. The first kappa shape index (κ1) is 16.2. The van der Waals surface area contributed by atoms with Crippen LogP contribution in [0.4, 0.5) is 17.6 Å². The molecule has 0 aromatic heterocycles. The molecule has 1 aliphatic heterocycles. The van der Waals surface area contributed by atoms with E-state index in [-0.39, 0.29) is 18.9 Å². The van der Waals surface area contributed by atoms with Gasteiger partial charge in [0.2, 0.25) is 0 Å². The number of halogens is 5. The molecular weight excluding hydrogens is 290 g/mol. The molecule has 2 atom stereocenters. The molecule has 0 N–H and O–H groups in total. The van der Waals surface area contributed by atoms with Crippen LogP contribution in [0.25, 0.3) is 0 Å². The molecule has 2 unspecified atom stereocenters. The van der Waals surface area contributed by atoms with Gasteiger partial charge in [-0.15, -0.1) is 11.6 Å². The van der Waals surface area contributed by atoms with Crippen molar-refractivity contribution in [2.24, 2.45) is 5.92 Å². The summed E-state index contributed by atoms with van der Waals surface area (Å²) in [6, 6.07) is -1.14. The molecule has 0 spiro atoms. The van der Waals surface area contributed by atoms with Crippen LogP contribution in [0.3, 0.4) is 0 Å². The molecule has 0 bridgehead atoms. The average molecular weight is 304 g/mol. The molecule has 0 radical (unpaired) electrons. The second kappa shape index (κ2) is 6.07. The topological polar surface area (TPSA) is 37.4 Å². The van der Waals surface area contributed by atoms with E-state index in [2.05, 4.69) is 0 Å². The SMILES string of the molecule is CC1CCN(C(=O)C(F)(F)C(F)F)C(C(=O)CCl)C1. The second-order valence-electron chi connectivity index (χ2n) is 4.67. The lowest BCUT2D eigenvalue weighted by molar-refractivity contribution is -0.185. The average Bonchev–Trinajstić information content (AvgIpc) is 2.36. The molecule has 1 aliphatic rings. The maximum atomic E-state index is 13.1. The van der Waals surface area contributed by atoms with Crippen molar-refractivity contribution in [1.82, 2.24) is 4.90 Å². The highest BCUT2D eigenvalue weighted by Crippen LogP contribution is 2.31. The first-order valence-electron chi connectivity index (χ1n) is 5.77. The van der Waals surface area contributed by atoms with E-state index < -0.39 is 36.0 Å². The Morgan fingerprint density at radius 3 is 2.47 bits per heavy atom. The summed E-state index contributed by atoms with van der Waals surface area (Å²) in [7, 11) is 0. The Balaban J connectivity index is 2.95. The van der Waals surface area contributed by atoms with Gasteiger partial charge in [-0.3, -0.25) is 9.59 Å². The summed E-state index contributed by atoms with van der Waals surface area (Å²) in [6.45, 7) is 1.65. The van der Waals surface area contributed by atoms with Gasteiger partial charge < -0.3 is 4.90 Å². The summed E-state index contributed by atoms with van der Waals surface area (Å²) in [5, 5.41) is 0. The number of hydrogen-bond acceptors (Lipinski definition) is 2. The van der Waals surface area contributed by atoms with Crippen molar-refractivity contribution in [2.45, 2.75) is 38.2 Å². The quantitative estimate of drug-likeness (QED) is 0.590. The van der Waals surface area contributed by atoms with Crippen molar-refractivity contribution in [3.8, 4) is 0 Å². The first-order chi connectivity index (χ1) is 8.71. The summed E-state index contributed by atoms with van der Waals surface area (Å²) in [5.74, 6) is -7.78. The molecule has 1 fully saturated rings. The van der Waals surface area contributed by atoms with Crippen LogP contribution < -0.4 is 0 Å². The van der Waals surface area contributed by atoms with Crippen LogP contribution in [-0.2, 0) is 9.59 Å². The van der Waals surface area contributed by atoms with Crippen LogP contribution in [0.2, 0.25) is 0 Å². The predicted octanol–water partition coefficient (Wildman–Crippen LogP) is 2.32. The molecule has 0 aromatic rings. The van der Waals surface area contributed by atoms with Crippen molar-refractivity contribution in [2.75, 3.05) is 12.4 Å². The second-order valence-corrected chi connectivity index (χ2v) is 4.93. The van der Waals surface area contributed by atoms with E-state index in [1.165, 1.54) is 0 Å². The number of likely N-dealkylation sites (tertiary alicyclic amines) is 1. The Morgan fingerprint density at radius 2 is 2.00 bits per heavy atom. The monoisotopic (exact) mass is 303 g/mol. The lowest BCUT2D eigenvalue weighted by Gasteiger charge is -2.38. The zero-order chi connectivity index (χ0) is 14.8. The van der Waals surface area contributed by atoms with E-state index in [1.54, 1.807) is 6.92 Å². The summed E-state index contributed by atoms with van der Waals surface area (Å²) in [5.41, 5.74) is 0. The van der Waals surface area contributed by atoms with Crippen LogP contribution in [0.5, 0.6) is 0 Å². The van der Waals surface area contributed by atoms with Crippen LogP contribution in [-0.4, -0.2) is 47.4 Å². The molecule has 3 nitrogen and oxygen atoms in total. The molecule has 19 heavy (non-hydrogen) atoms. The standard InChI is InChI=1S/C11H14ClF4NO2/c1-6-2-3-17(7(4-6)8(18)5-12)10(19)11(15,16)9(13)14/h6-7,9H,2-5H2,1H3. The number of nitrogens with zero attached hydrogens (tertiary/aromatic N) is 1. The largest absolute Gasteiger partial charge is 0.383 e. The molecule has 1 saturated heterocycles. The Kier molecular flexibility index (Phi) is 5.18. The zero-order valence-corrected chi connectivity index (χ0v) is 11.0. The minimum atomic E-state index is -4.77. The lowest BCUT2D eigenvalue weighted by atomic mass is 9.90. The van der Waals surface area contributed by atoms with E-state index >= 15 is 0 Å². The minimum absolute atomic E-state index is 0.0430. The van der Waals surface area contributed by atoms with Crippen molar-refractivity contribution in [3.05, 3.63) is 0 Å². The molecular formula is C11H14ClF4NO2. The van der Waals surface area contributed by atoms with Crippen LogP contribution in [0, 0.1) is 5.92 Å². The first-order valence-corrected chi connectivity index (χ1v) is 6.31. The summed E-state index contributed by atoms with van der Waals surface area (Å²) in [4.78, 5) is 23.6. The number of piperidine rings is 1. The fraction of sp³-hybridized carbons (Fsp3) is 0.818. The highest BCUT2D eigenvalue weighted by Gasteiger charge is 2.53. The third-order valence-electron chi connectivity index (χ3n) is 3.19. The van der Waals surface area contributed by atoms with Crippen molar-refractivity contribution < 1.29 is 27.2 Å². The molecule has 0 aromatic carbocycles. The molecule has 1 amide bonds. The maximum Gasteiger partial charge on any atom is 0.383 e. The van der Waals surface area contributed by atoms with Crippen LogP contribution in [0.15, 0.2) is 0 Å². The Morgan fingerprint density at radius 1 is 1.42 bits per heavy atom. The van der Waals surface area contributed by atoms with Crippen molar-refractivity contribution >= 4 is 23.3 Å². The fourth-order valence-corrected chi connectivity index (χ4v) is 2.24. The predicted molar refractivity (Wildman–Crippen MR) is 60.6 cm³/mol. The molecule has 0 aliphatic carbocycles. The number of ketones is 1. The Labute approximate surface area is 112 Å². The van der Waals surface area contributed by atoms with Gasteiger partial charge in [0.15, 0.2) is 5.78 Å². The third-order valence-corrected chi connectivity index (χ3v) is 3.45. The van der Waals surface area contributed by atoms with E-state index in [0.717, 1.165) is 0 Å². The van der Waals surface area contributed by atoms with E-state index in [9.17, 15) is 27.2 Å². The van der Waals surface area contributed by atoms with Crippen molar-refractivity contribution in [1.29, 1.82) is 0 Å². The summed E-state index contributed by atoms with van der Waals surface area (Å²) < 4.78 is 50.5. The van der Waals surface area contributed by atoms with Crippen molar-refractivity contribution in [3.63, 3.8) is 0 Å². The molecule has 1 heterocycles. The number of alkyl halides is 5. The van der Waals surface area contributed by atoms with E-state index in [4.69, 9.17) is 11.6 Å². The van der Waals surface area contributed by atoms with Gasteiger partial charge in [-0.05, 0) is 18.8 Å². The highest BCUT2D eigenvalue weighted by atomic mass is 35.5. The van der Waals surface area contributed by atoms with Gasteiger partial charge in [-0.2, -0.15) is 8.78 Å². The third kappa shape index (κ3) is 3.38. The maximum absolute atomic E-state index is 13.1. The van der Waals surface area contributed by atoms with Gasteiger partial charge in [0.05, 0.1) is 11.9 Å². The number of carbonyl (C=O) groups excluding carboxylic acids is 2. The zero-order valence-electron chi connectivity index (χ0n) is 10.2. The number of carbonyl (C=O) groups is 2. The van der Waals surface area contributed by atoms with Crippen LogP contribution >= 0.6 is 11.6 Å². The van der Waals surface area contributed by atoms with Crippen LogP contribution in [0.1, 0.15) is 19.8 Å². The molecule has 1 rings (SSSR count). The van der Waals surface area contributed by atoms with Gasteiger partial charge in [-0.25, -0.2) is 8.78 Å². The van der Waals surface area contributed by atoms with Gasteiger partial charge in [0.25, 0.3) is 5.91 Å². The smallest absolute Gasteiger partial charge is 0.327 e. The van der Waals surface area contributed by atoms with E-state index in [0.29, 0.717) is 11.3 Å². The number of Topliss-reactive ketones (excluding diaryl/α,β-unsaturated/α-hetero) is 1. The number of hydrogen-bond donors (Lipinski definition) is 0. The highest BCUT2D eigenvalue weighted by molar-refractivity contribution is 6.28. The van der Waals surface area contributed by atoms with Gasteiger partial charge in [0.1, 0.15) is 0 Å². The normalized spacial score (nSPS) is 24.7. The minimum Gasteiger partial charge on any atom is -0.327 e. The number of rotatable bonds is 4. The summed E-state index contributed by atoms with van der Waals surface area (Å²) >= 11 is 5.36. The van der Waals surface area contributed by atoms with E-state index in [1.807, 2.05) is 0 Å². The molecule has 0 saturated carbocycles. The van der Waals surface area contributed by atoms with Gasteiger partial charge >= 0.3 is 12.3 Å². The Hall–Kier alpha value is -0.850. The molecule has 8 heteroatoms.